The van der Waals surface area contributed by atoms with Crippen molar-refractivity contribution in [2.45, 2.75) is 19.6 Å². The van der Waals surface area contributed by atoms with E-state index in [2.05, 4.69) is 78.2 Å². The van der Waals surface area contributed by atoms with Gasteiger partial charge in [-0.2, -0.15) is 5.10 Å². The summed E-state index contributed by atoms with van der Waals surface area (Å²) in [6.07, 6.45) is 6.68. The number of benzene rings is 4. The number of hydrogen-bond acceptors (Lipinski definition) is 9. The first-order valence-corrected chi connectivity index (χ1v) is 16.3. The van der Waals surface area contributed by atoms with E-state index in [1.165, 1.54) is 0 Å². The molecule has 4 aromatic carbocycles. The number of nitrogens with zero attached hydrogens (tertiary/aromatic N) is 6. The molecule has 226 valence electrons. The van der Waals surface area contributed by atoms with Gasteiger partial charge in [0.25, 0.3) is 5.95 Å². The number of aromatic nitrogens is 6. The minimum Gasteiger partial charge on any atom is -0.439 e. The molecule has 0 unspecified atom stereocenters. The van der Waals surface area contributed by atoms with Gasteiger partial charge in [-0.15, -0.1) is 5.10 Å². The molecule has 0 aliphatic heterocycles. The van der Waals surface area contributed by atoms with Crippen LogP contribution in [0.5, 0.6) is 23.3 Å². The predicted molar refractivity (Wildman–Crippen MR) is 184 cm³/mol. The lowest BCUT2D eigenvalue weighted by Crippen LogP contribution is -2.01. The second kappa shape index (κ2) is 13.0. The molecule has 0 bridgehead atoms. The fourth-order valence-corrected chi connectivity index (χ4v) is 7.00. The summed E-state index contributed by atoms with van der Waals surface area (Å²) in [5, 5.41) is 10.7. The SMILES string of the molecule is c1ccc(Oc2cccc(Sc3ccc4c5ccc(Sc6cccc(Oc7ccccn7)c6)cc5n(-c5nccnn5)c4c3)c2)nc1. The van der Waals surface area contributed by atoms with Crippen LogP contribution in [0.1, 0.15) is 0 Å². The second-order valence-corrected chi connectivity index (χ2v) is 12.6. The average Bonchev–Trinajstić information content (AvgIpc) is 3.42. The van der Waals surface area contributed by atoms with E-state index in [4.69, 9.17) is 9.47 Å². The molecular weight excluding hydrogens is 625 g/mol. The van der Waals surface area contributed by atoms with Crippen LogP contribution in [0.15, 0.2) is 166 Å². The molecule has 8 rings (SSSR count). The van der Waals surface area contributed by atoms with Crippen LogP contribution in [-0.4, -0.2) is 29.7 Å². The molecule has 0 atom stereocenters. The third-order valence-electron chi connectivity index (χ3n) is 7.18. The Labute approximate surface area is 278 Å². The summed E-state index contributed by atoms with van der Waals surface area (Å²) in [6, 6.07) is 40.2. The number of fused-ring (bicyclic) bond motifs is 3. The van der Waals surface area contributed by atoms with E-state index in [1.807, 2.05) is 72.8 Å². The Kier molecular flexibility index (Phi) is 7.92. The molecule has 4 aromatic heterocycles. The minimum absolute atomic E-state index is 0.508. The molecule has 0 N–H and O–H groups in total. The lowest BCUT2D eigenvalue weighted by Gasteiger charge is -2.09. The van der Waals surface area contributed by atoms with Crippen molar-refractivity contribution in [3.05, 3.63) is 146 Å². The highest BCUT2D eigenvalue weighted by Crippen LogP contribution is 2.39. The standard InChI is InChI=1S/C37H24N6O2S2/c1-3-17-38-35(11-1)44-25-7-5-9-27(21-25)46-29-13-15-31-32-16-14-30(24-34(32)43(33(31)23-29)37-40-19-20-41-42-37)47-28-10-6-8-26(22-28)45-36-12-2-4-18-39-36/h1-24H. The normalized spacial score (nSPS) is 11.1. The summed E-state index contributed by atoms with van der Waals surface area (Å²) in [4.78, 5) is 17.4. The van der Waals surface area contributed by atoms with Gasteiger partial charge in [0, 0.05) is 54.9 Å². The fourth-order valence-electron chi connectivity index (χ4n) is 5.19. The Balaban J connectivity index is 1.13. The smallest absolute Gasteiger partial charge is 0.254 e. The molecule has 0 amide bonds. The third kappa shape index (κ3) is 6.37. The van der Waals surface area contributed by atoms with Gasteiger partial charge in [0.1, 0.15) is 11.5 Å². The van der Waals surface area contributed by atoms with E-state index in [0.29, 0.717) is 17.7 Å². The first-order chi connectivity index (χ1) is 23.2. The van der Waals surface area contributed by atoms with Gasteiger partial charge in [-0.25, -0.2) is 15.0 Å². The van der Waals surface area contributed by atoms with Crippen LogP contribution >= 0.6 is 23.5 Å². The quantitative estimate of drug-likeness (QED) is 0.152. The molecule has 0 saturated carbocycles. The van der Waals surface area contributed by atoms with Gasteiger partial charge in [0.15, 0.2) is 0 Å². The zero-order valence-corrected chi connectivity index (χ0v) is 26.3. The van der Waals surface area contributed by atoms with Crippen molar-refractivity contribution < 1.29 is 9.47 Å². The molecule has 8 aromatic rings. The number of hydrogen-bond donors (Lipinski definition) is 0. The van der Waals surface area contributed by atoms with Crippen LogP contribution in [-0.2, 0) is 0 Å². The molecule has 47 heavy (non-hydrogen) atoms. The van der Waals surface area contributed by atoms with Crippen LogP contribution in [0.25, 0.3) is 27.8 Å². The van der Waals surface area contributed by atoms with Gasteiger partial charge in [0.05, 0.1) is 23.4 Å². The van der Waals surface area contributed by atoms with Crippen molar-refractivity contribution in [1.29, 1.82) is 0 Å². The van der Waals surface area contributed by atoms with Gasteiger partial charge in [0.2, 0.25) is 11.8 Å². The van der Waals surface area contributed by atoms with Gasteiger partial charge in [-0.1, -0.05) is 59.9 Å². The first kappa shape index (κ1) is 28.7. The Bertz CT molecular complexity index is 2180. The number of rotatable bonds is 9. The van der Waals surface area contributed by atoms with Gasteiger partial charge in [-0.3, -0.25) is 4.57 Å². The van der Waals surface area contributed by atoms with Crippen LogP contribution in [0, 0.1) is 0 Å². The lowest BCUT2D eigenvalue weighted by molar-refractivity contribution is 0.461. The highest BCUT2D eigenvalue weighted by atomic mass is 32.2. The van der Waals surface area contributed by atoms with Crippen LogP contribution < -0.4 is 9.47 Å². The summed E-state index contributed by atoms with van der Waals surface area (Å²) < 4.78 is 14.0. The summed E-state index contributed by atoms with van der Waals surface area (Å²) >= 11 is 3.31. The summed E-state index contributed by atoms with van der Waals surface area (Å²) in [5.41, 5.74) is 1.98. The third-order valence-corrected chi connectivity index (χ3v) is 9.14. The van der Waals surface area contributed by atoms with E-state index >= 15 is 0 Å². The van der Waals surface area contributed by atoms with Crippen LogP contribution in [0.2, 0.25) is 0 Å². The molecular formula is C37H24N6O2S2. The van der Waals surface area contributed by atoms with Crippen LogP contribution in [0.4, 0.5) is 0 Å². The number of pyridine rings is 2. The summed E-state index contributed by atoms with van der Waals surface area (Å²) in [6.45, 7) is 0. The Hall–Kier alpha value is -5.71. The largest absolute Gasteiger partial charge is 0.439 e. The highest BCUT2D eigenvalue weighted by Gasteiger charge is 2.16. The second-order valence-electron chi connectivity index (χ2n) is 10.3. The number of ether oxygens (including phenoxy) is 2. The molecule has 0 saturated heterocycles. The van der Waals surface area contributed by atoms with Crippen molar-refractivity contribution in [2.75, 3.05) is 0 Å². The van der Waals surface area contributed by atoms with Gasteiger partial charge < -0.3 is 9.47 Å². The van der Waals surface area contributed by atoms with Crippen molar-refractivity contribution in [2.24, 2.45) is 0 Å². The maximum absolute atomic E-state index is 5.97. The zero-order valence-electron chi connectivity index (χ0n) is 24.7. The molecule has 10 heteroatoms. The summed E-state index contributed by atoms with van der Waals surface area (Å²) in [7, 11) is 0. The van der Waals surface area contributed by atoms with E-state index in [-0.39, 0.29) is 0 Å². The fraction of sp³-hybridized carbons (Fsp3) is 0. The molecule has 0 aliphatic carbocycles. The maximum Gasteiger partial charge on any atom is 0.254 e. The van der Waals surface area contributed by atoms with E-state index in [0.717, 1.165) is 52.9 Å². The van der Waals surface area contributed by atoms with E-state index in [1.54, 1.807) is 48.3 Å². The highest BCUT2D eigenvalue weighted by molar-refractivity contribution is 7.99. The Morgan fingerprint density at radius 2 is 1.02 bits per heavy atom. The maximum atomic E-state index is 5.97. The van der Waals surface area contributed by atoms with Crippen molar-refractivity contribution in [3.8, 4) is 29.2 Å². The van der Waals surface area contributed by atoms with E-state index in [9.17, 15) is 0 Å². The van der Waals surface area contributed by atoms with Crippen molar-refractivity contribution >= 4 is 45.3 Å². The lowest BCUT2D eigenvalue weighted by atomic mass is 10.1. The molecule has 0 aliphatic rings. The zero-order chi connectivity index (χ0) is 31.4. The predicted octanol–water partition coefficient (Wildman–Crippen LogP) is 9.65. The summed E-state index contributed by atoms with van der Waals surface area (Å²) in [5.74, 6) is 3.08. The van der Waals surface area contributed by atoms with Crippen molar-refractivity contribution in [3.63, 3.8) is 0 Å². The molecule has 0 radical (unpaired) electrons. The van der Waals surface area contributed by atoms with Crippen LogP contribution in [0.3, 0.4) is 0 Å². The minimum atomic E-state index is 0.508. The first-order valence-electron chi connectivity index (χ1n) is 14.7. The van der Waals surface area contributed by atoms with Gasteiger partial charge >= 0.3 is 0 Å². The Morgan fingerprint density at radius 1 is 0.468 bits per heavy atom. The van der Waals surface area contributed by atoms with E-state index < -0.39 is 0 Å². The average molecular weight is 649 g/mol. The van der Waals surface area contributed by atoms with Crippen molar-refractivity contribution in [1.82, 2.24) is 29.7 Å². The molecule has 0 fully saturated rings. The molecule has 0 spiro atoms. The monoisotopic (exact) mass is 648 g/mol. The topological polar surface area (TPSA) is 87.8 Å². The van der Waals surface area contributed by atoms with Gasteiger partial charge in [-0.05, 0) is 72.8 Å². The molecule has 4 heterocycles. The Morgan fingerprint density at radius 3 is 1.51 bits per heavy atom. The molecule has 8 nitrogen and oxygen atoms in total.